The van der Waals surface area contributed by atoms with Crippen molar-refractivity contribution in [2.24, 2.45) is 0 Å². The summed E-state index contributed by atoms with van der Waals surface area (Å²) in [6, 6.07) is 52.0. The number of allylic oxidation sites excluding steroid dienone is 1. The van der Waals surface area contributed by atoms with Gasteiger partial charge >= 0.3 is 0 Å². The fourth-order valence-corrected chi connectivity index (χ4v) is 12.5. The minimum atomic E-state index is -0.206. The molecule has 2 atom stereocenters. The average molecular weight is 798 g/mol. The fraction of sp³-hybridized carbons (Fsp3) is 0.333. The van der Waals surface area contributed by atoms with Crippen LogP contribution in [0.3, 0.4) is 0 Å². The van der Waals surface area contributed by atoms with Crippen LogP contribution in [0, 0.1) is 0 Å². The molecule has 3 nitrogen and oxygen atoms in total. The lowest BCUT2D eigenvalue weighted by Crippen LogP contribution is -2.58. The Morgan fingerprint density at radius 3 is 1.70 bits per heavy atom. The van der Waals surface area contributed by atoms with Gasteiger partial charge in [0.05, 0.1) is 5.54 Å². The molecular formula is C57H60BN3. The third-order valence-corrected chi connectivity index (χ3v) is 15.9. The summed E-state index contributed by atoms with van der Waals surface area (Å²) in [6.45, 7) is 24.0. The highest BCUT2D eigenvalue weighted by atomic mass is 15.3. The van der Waals surface area contributed by atoms with Crippen LogP contribution in [0.2, 0.25) is 0 Å². The molecule has 61 heavy (non-hydrogen) atoms. The van der Waals surface area contributed by atoms with Crippen LogP contribution < -0.4 is 25.6 Å². The van der Waals surface area contributed by atoms with Gasteiger partial charge in [-0.1, -0.05) is 159 Å². The number of hydrogen-bond donors (Lipinski definition) is 0. The molecular weight excluding hydrogens is 737 g/mol. The number of nitrogens with zero attached hydrogens (tertiary/aromatic N) is 3. The first-order valence-corrected chi connectivity index (χ1v) is 22.9. The Kier molecular flexibility index (Phi) is 8.06. The molecule has 306 valence electrons. The number of hydrogen-bond acceptors (Lipinski definition) is 3. The topological polar surface area (TPSA) is 9.72 Å². The monoisotopic (exact) mass is 797 g/mol. The van der Waals surface area contributed by atoms with Gasteiger partial charge in [0.1, 0.15) is 0 Å². The molecule has 6 aromatic rings. The molecule has 11 rings (SSSR count). The molecule has 0 radical (unpaired) electrons. The predicted octanol–water partition coefficient (Wildman–Crippen LogP) is 13.8. The van der Waals surface area contributed by atoms with E-state index in [-0.39, 0.29) is 33.9 Å². The van der Waals surface area contributed by atoms with E-state index >= 15 is 0 Å². The van der Waals surface area contributed by atoms with Crippen LogP contribution >= 0.6 is 0 Å². The minimum absolute atomic E-state index is 0.0270. The fourth-order valence-electron chi connectivity index (χ4n) is 12.5. The van der Waals surface area contributed by atoms with Crippen molar-refractivity contribution in [2.75, 3.05) is 14.7 Å². The number of rotatable bonds is 3. The summed E-state index contributed by atoms with van der Waals surface area (Å²) in [5, 5.41) is 0. The Hall–Kier alpha value is -5.48. The van der Waals surface area contributed by atoms with Gasteiger partial charge in [-0.15, -0.1) is 0 Å². The van der Waals surface area contributed by atoms with E-state index in [4.69, 9.17) is 0 Å². The van der Waals surface area contributed by atoms with Gasteiger partial charge < -0.3 is 14.7 Å². The second-order valence-electron chi connectivity index (χ2n) is 21.7. The summed E-state index contributed by atoms with van der Waals surface area (Å²) in [6.07, 6.45) is 4.94. The van der Waals surface area contributed by atoms with Crippen LogP contribution in [0.4, 0.5) is 39.8 Å². The third kappa shape index (κ3) is 5.23. The van der Waals surface area contributed by atoms with Gasteiger partial charge in [-0.25, -0.2) is 0 Å². The highest BCUT2D eigenvalue weighted by Gasteiger charge is 2.58. The summed E-state index contributed by atoms with van der Waals surface area (Å²) in [4.78, 5) is 7.96. The van der Waals surface area contributed by atoms with Crippen LogP contribution in [0.25, 0.3) is 5.70 Å². The first-order chi connectivity index (χ1) is 29.0. The van der Waals surface area contributed by atoms with Crippen LogP contribution in [0.5, 0.6) is 0 Å². The highest BCUT2D eigenvalue weighted by Crippen LogP contribution is 2.62. The normalized spacial score (nSPS) is 22.1. The van der Waals surface area contributed by atoms with E-state index in [9.17, 15) is 0 Å². The van der Waals surface area contributed by atoms with E-state index in [1.807, 2.05) is 0 Å². The highest BCUT2D eigenvalue weighted by molar-refractivity contribution is 6.96. The van der Waals surface area contributed by atoms with Crippen molar-refractivity contribution in [2.45, 2.75) is 122 Å². The van der Waals surface area contributed by atoms with Crippen LogP contribution in [-0.4, -0.2) is 12.3 Å². The van der Waals surface area contributed by atoms with Crippen LogP contribution in [0.1, 0.15) is 123 Å². The van der Waals surface area contributed by atoms with E-state index in [1.54, 1.807) is 0 Å². The molecule has 0 spiro atoms. The number of benzene rings is 6. The van der Waals surface area contributed by atoms with Gasteiger partial charge in [-0.3, -0.25) is 0 Å². The van der Waals surface area contributed by atoms with Crippen molar-refractivity contribution in [3.05, 3.63) is 167 Å². The maximum absolute atomic E-state index is 2.75. The van der Waals surface area contributed by atoms with Crippen molar-refractivity contribution in [3.8, 4) is 0 Å². The van der Waals surface area contributed by atoms with Crippen molar-refractivity contribution >= 4 is 63.1 Å². The Bertz CT molecular complexity index is 2800. The molecule has 6 aromatic carbocycles. The Morgan fingerprint density at radius 1 is 0.508 bits per heavy atom. The molecule has 2 unspecified atom stereocenters. The molecule has 3 aliphatic heterocycles. The van der Waals surface area contributed by atoms with E-state index in [1.165, 1.54) is 115 Å². The first-order valence-electron chi connectivity index (χ1n) is 22.9. The van der Waals surface area contributed by atoms with E-state index in [0.717, 1.165) is 0 Å². The zero-order valence-electron chi connectivity index (χ0n) is 37.9. The van der Waals surface area contributed by atoms with Crippen LogP contribution in [-0.2, 0) is 21.7 Å². The average Bonchev–Trinajstić information content (AvgIpc) is 3.60. The Labute approximate surface area is 365 Å². The summed E-state index contributed by atoms with van der Waals surface area (Å²) in [7, 11) is 0. The summed E-state index contributed by atoms with van der Waals surface area (Å²) < 4.78 is 0. The van der Waals surface area contributed by atoms with Gasteiger partial charge in [0.2, 0.25) is 6.71 Å². The van der Waals surface area contributed by atoms with Gasteiger partial charge in [-0.05, 0) is 118 Å². The zero-order valence-corrected chi connectivity index (χ0v) is 37.9. The summed E-state index contributed by atoms with van der Waals surface area (Å²) in [5.74, 6) is 0. The second kappa shape index (κ2) is 12.8. The molecule has 4 heteroatoms. The molecule has 0 bridgehead atoms. The molecule has 0 aromatic heterocycles. The number of para-hydroxylation sites is 1. The van der Waals surface area contributed by atoms with Crippen molar-refractivity contribution in [1.29, 1.82) is 0 Å². The van der Waals surface area contributed by atoms with E-state index in [2.05, 4.69) is 217 Å². The third-order valence-electron chi connectivity index (χ3n) is 15.9. The standard InChI is InChI=1S/C57H60BN3/c1-53(2,3)37-24-28-39(29-25-37)59-47-22-17-23-48-50(47)58(45-33-32-41(36-49(45)59)61-46-21-14-13-20-44(46)56(9)34-15-16-35-57(56,61)10)52-51(42-18-11-12-19-43(42)55(52,7)8)60(48)40-30-26-38(27-31-40)54(4,5)6/h11-14,17-33,36H,15-16,34-35H2,1-10H3. The molecule has 0 amide bonds. The largest absolute Gasteiger partial charge is 0.334 e. The lowest BCUT2D eigenvalue weighted by Gasteiger charge is -2.51. The van der Waals surface area contributed by atoms with Crippen LogP contribution in [0.15, 0.2) is 139 Å². The zero-order chi connectivity index (χ0) is 42.4. The van der Waals surface area contributed by atoms with E-state index < -0.39 is 0 Å². The summed E-state index contributed by atoms with van der Waals surface area (Å²) in [5.41, 5.74) is 21.4. The maximum Gasteiger partial charge on any atom is 0.248 e. The van der Waals surface area contributed by atoms with Gasteiger partial charge in [0.15, 0.2) is 0 Å². The number of fused-ring (bicyclic) bond motifs is 8. The molecule has 3 heterocycles. The molecule has 5 aliphatic rings. The Balaban J connectivity index is 1.19. The maximum atomic E-state index is 2.75. The van der Waals surface area contributed by atoms with Gasteiger partial charge in [-0.2, -0.15) is 0 Å². The van der Waals surface area contributed by atoms with Crippen molar-refractivity contribution < 1.29 is 0 Å². The SMILES string of the molecule is CC(C)(C)c1ccc(N2C3=C(B4c5ccc(N6c7ccccc7C7(C)CCCCC67C)cc5N(c5ccc(C(C)(C)C)cc5)c5cccc2c54)C(C)(C)c2ccccc23)cc1. The smallest absolute Gasteiger partial charge is 0.248 e. The first kappa shape index (κ1) is 38.4. The van der Waals surface area contributed by atoms with E-state index in [0.29, 0.717) is 0 Å². The van der Waals surface area contributed by atoms with Gasteiger partial charge in [0.25, 0.3) is 0 Å². The Morgan fingerprint density at radius 2 is 1.05 bits per heavy atom. The molecule has 2 aliphatic carbocycles. The molecule has 1 fully saturated rings. The van der Waals surface area contributed by atoms with Gasteiger partial charge in [0, 0.05) is 61.9 Å². The summed E-state index contributed by atoms with van der Waals surface area (Å²) >= 11 is 0. The quantitative estimate of drug-likeness (QED) is 0.165. The molecule has 1 saturated carbocycles. The second-order valence-corrected chi connectivity index (χ2v) is 21.7. The molecule has 0 saturated heterocycles. The lowest BCUT2D eigenvalue weighted by molar-refractivity contribution is 0.195. The molecule has 0 N–H and O–H groups in total. The van der Waals surface area contributed by atoms with Crippen molar-refractivity contribution in [1.82, 2.24) is 0 Å². The minimum Gasteiger partial charge on any atom is -0.334 e. The van der Waals surface area contributed by atoms with Crippen molar-refractivity contribution in [3.63, 3.8) is 0 Å². The predicted molar refractivity (Wildman–Crippen MR) is 261 cm³/mol. The number of anilines is 7. The lowest BCUT2D eigenvalue weighted by atomic mass is 9.30.